The molecule has 210 valence electrons. The van der Waals surface area contributed by atoms with Crippen molar-refractivity contribution in [3.63, 3.8) is 0 Å². The Morgan fingerprint density at radius 3 is 1.02 bits per heavy atom. The molecule has 0 bridgehead atoms. The van der Waals surface area contributed by atoms with E-state index in [1.54, 1.807) is 4.57 Å². The van der Waals surface area contributed by atoms with E-state index in [1.807, 2.05) is 137 Å². The van der Waals surface area contributed by atoms with Gasteiger partial charge in [0.2, 0.25) is 0 Å². The van der Waals surface area contributed by atoms with E-state index in [2.05, 4.69) is 0 Å². The second-order valence-electron chi connectivity index (χ2n) is 11.3. The van der Waals surface area contributed by atoms with Crippen LogP contribution in [0.15, 0.2) is 164 Å². The van der Waals surface area contributed by atoms with Gasteiger partial charge in [-0.05, 0) is 72.7 Å². The van der Waals surface area contributed by atoms with Crippen molar-refractivity contribution in [3.8, 4) is 17.1 Å². The van der Waals surface area contributed by atoms with E-state index < -0.39 is 0 Å². The Bertz CT molecular complexity index is 2800. The first-order valence-corrected chi connectivity index (χ1v) is 15.0. The topological polar surface area (TPSA) is 14.8 Å². The van der Waals surface area contributed by atoms with Gasteiger partial charge in [-0.3, -0.25) is 0 Å². The van der Waals surface area contributed by atoms with Crippen molar-refractivity contribution in [1.82, 2.24) is 13.7 Å². The van der Waals surface area contributed by atoms with E-state index in [0.29, 0.717) is 16.5 Å². The van der Waals surface area contributed by atoms with Crippen molar-refractivity contribution in [2.45, 2.75) is 0 Å². The fourth-order valence-corrected chi connectivity index (χ4v) is 6.97. The summed E-state index contributed by atoms with van der Waals surface area (Å²) in [5, 5.41) is 4.46. The molecule has 0 atom stereocenters. The lowest BCUT2D eigenvalue weighted by molar-refractivity contribution is 1.16. The molecule has 3 heteroatoms. The zero-order valence-electron chi connectivity index (χ0n) is 30.0. The van der Waals surface area contributed by atoms with E-state index in [-0.39, 0.29) is 58.7 Å². The minimum Gasteiger partial charge on any atom is -0.309 e. The molecule has 10 rings (SSSR count). The fraction of sp³-hybridized carbons (Fsp3) is 0. The molecular weight excluding hydrogens is 546 g/mol. The van der Waals surface area contributed by atoms with Crippen LogP contribution >= 0.6 is 0 Å². The van der Waals surface area contributed by atoms with Crippen molar-refractivity contribution in [2.24, 2.45) is 0 Å². The largest absolute Gasteiger partial charge is 0.309 e. The summed E-state index contributed by atoms with van der Waals surface area (Å²) in [4.78, 5) is 0. The minimum atomic E-state index is -0.134. The van der Waals surface area contributed by atoms with Crippen LogP contribution in [0.5, 0.6) is 0 Å². The van der Waals surface area contributed by atoms with E-state index >= 15 is 0 Å². The lowest BCUT2D eigenvalue weighted by Crippen LogP contribution is -1.96. The average Bonchev–Trinajstić information content (AvgIpc) is 3.81. The summed E-state index contributed by atoms with van der Waals surface area (Å²) in [5.74, 6) is 0. The number of nitrogens with zero attached hydrogens (tertiary/aromatic N) is 3. The van der Waals surface area contributed by atoms with Gasteiger partial charge in [-0.2, -0.15) is 0 Å². The molecule has 3 aromatic heterocycles. The Morgan fingerprint density at radius 2 is 0.622 bits per heavy atom. The first-order chi connectivity index (χ1) is 24.9. The van der Waals surface area contributed by atoms with Crippen LogP contribution in [0.3, 0.4) is 0 Å². The fourth-order valence-electron chi connectivity index (χ4n) is 6.97. The highest BCUT2D eigenvalue weighted by molar-refractivity contribution is 6.14. The second kappa shape index (κ2) is 9.22. The van der Waals surface area contributed by atoms with Gasteiger partial charge in [-0.25, -0.2) is 0 Å². The monoisotopic (exact) mass is 579 g/mol. The highest BCUT2D eigenvalue weighted by Crippen LogP contribution is 2.39. The van der Waals surface area contributed by atoms with Gasteiger partial charge in [0.05, 0.1) is 41.3 Å². The summed E-state index contributed by atoms with van der Waals surface area (Å²) in [7, 11) is 0. The molecule has 0 saturated carbocycles. The van der Waals surface area contributed by atoms with Gasteiger partial charge in [-0.15, -0.1) is 0 Å². The maximum absolute atomic E-state index is 9.95. The minimum absolute atomic E-state index is 0.0176. The standard InChI is InChI=1S/C42H27N3/c1-2-12-28(13-3-1)43-41-24-22-29(44-37-18-8-4-14-31(37)32-15-5-9-19-38(32)44)26-35(41)36-27-30(23-25-42(36)43)45-39-20-10-6-16-33(39)34-17-7-11-21-40(34)45/h1-27H/i22D,23D,24D,25D,26D,27D. The van der Waals surface area contributed by atoms with Crippen LogP contribution in [0.25, 0.3) is 82.5 Å². The average molecular weight is 580 g/mol. The van der Waals surface area contributed by atoms with Gasteiger partial charge < -0.3 is 13.7 Å². The van der Waals surface area contributed by atoms with Gasteiger partial charge in [0.25, 0.3) is 0 Å². The number of para-hydroxylation sites is 5. The van der Waals surface area contributed by atoms with Crippen LogP contribution in [0, 0.1) is 0 Å². The number of rotatable bonds is 3. The van der Waals surface area contributed by atoms with Crippen molar-refractivity contribution >= 4 is 65.4 Å². The smallest absolute Gasteiger partial charge is 0.0652 e. The summed E-state index contributed by atoms with van der Waals surface area (Å²) < 4.78 is 63.5. The third-order valence-electron chi connectivity index (χ3n) is 8.88. The lowest BCUT2D eigenvalue weighted by Gasteiger charge is -2.10. The van der Waals surface area contributed by atoms with Crippen LogP contribution in [-0.4, -0.2) is 13.7 Å². The van der Waals surface area contributed by atoms with Crippen LogP contribution in [-0.2, 0) is 0 Å². The molecule has 0 radical (unpaired) electrons. The second-order valence-corrected chi connectivity index (χ2v) is 11.3. The normalized spacial score (nSPS) is 13.9. The Hall–Kier alpha value is -6.06. The Balaban J connectivity index is 1.45. The highest BCUT2D eigenvalue weighted by atomic mass is 15.0. The number of benzene rings is 7. The first kappa shape index (κ1) is 19.3. The predicted octanol–water partition coefficient (Wildman–Crippen LogP) is 11.0. The molecular formula is C42H27N3. The molecule has 0 fully saturated rings. The maximum Gasteiger partial charge on any atom is 0.0652 e. The lowest BCUT2D eigenvalue weighted by atomic mass is 10.1. The van der Waals surface area contributed by atoms with Gasteiger partial charge >= 0.3 is 0 Å². The number of hydrogen-bond donors (Lipinski definition) is 0. The van der Waals surface area contributed by atoms with E-state index in [0.717, 1.165) is 43.6 Å². The van der Waals surface area contributed by atoms with Gasteiger partial charge in [0.1, 0.15) is 0 Å². The summed E-state index contributed by atoms with van der Waals surface area (Å²) in [6.45, 7) is 0. The number of fused-ring (bicyclic) bond motifs is 9. The summed E-state index contributed by atoms with van der Waals surface area (Å²) >= 11 is 0. The van der Waals surface area contributed by atoms with Crippen LogP contribution in [0.1, 0.15) is 8.22 Å². The number of hydrogen-bond acceptors (Lipinski definition) is 0. The van der Waals surface area contributed by atoms with Crippen molar-refractivity contribution in [1.29, 1.82) is 0 Å². The molecule has 0 aliphatic heterocycles. The Morgan fingerprint density at radius 1 is 0.289 bits per heavy atom. The van der Waals surface area contributed by atoms with E-state index in [9.17, 15) is 8.22 Å². The van der Waals surface area contributed by atoms with Gasteiger partial charge in [0.15, 0.2) is 0 Å². The zero-order chi connectivity index (χ0) is 34.7. The molecule has 0 amide bonds. The van der Waals surface area contributed by atoms with Crippen LogP contribution in [0.2, 0.25) is 0 Å². The van der Waals surface area contributed by atoms with Crippen molar-refractivity contribution in [3.05, 3.63) is 164 Å². The molecule has 0 N–H and O–H groups in total. The highest BCUT2D eigenvalue weighted by Gasteiger charge is 2.18. The third kappa shape index (κ3) is 3.41. The van der Waals surface area contributed by atoms with E-state index in [4.69, 9.17) is 0 Å². The molecule has 0 aliphatic rings. The zero-order valence-corrected chi connectivity index (χ0v) is 24.0. The Kier molecular flexibility index (Phi) is 3.95. The Labute approximate surface area is 267 Å². The van der Waals surface area contributed by atoms with Crippen LogP contribution < -0.4 is 0 Å². The summed E-state index contributed by atoms with van der Waals surface area (Å²) in [5.41, 5.74) is 4.82. The van der Waals surface area contributed by atoms with Gasteiger partial charge in [-0.1, -0.05) is 91.0 Å². The van der Waals surface area contributed by atoms with Crippen molar-refractivity contribution < 1.29 is 8.22 Å². The molecule has 45 heavy (non-hydrogen) atoms. The summed E-state index contributed by atoms with van der Waals surface area (Å²) in [6, 6.07) is 40.2. The molecule has 3 nitrogen and oxygen atoms in total. The van der Waals surface area contributed by atoms with E-state index in [1.165, 1.54) is 0 Å². The molecule has 0 saturated heterocycles. The quantitative estimate of drug-likeness (QED) is 0.198. The SMILES string of the molecule is [2H]c1c(-n2c3ccccc3c3ccccc32)c([2H])c2c3c([2H])c(-n4c5ccccc5c5ccccc54)c([2H])c([2H])c3n(-c3ccccc3)c2c1[2H]. The molecule has 0 spiro atoms. The molecule has 10 aromatic rings. The molecule has 7 aromatic carbocycles. The number of aromatic nitrogens is 3. The maximum atomic E-state index is 9.95. The molecule has 0 aliphatic carbocycles. The summed E-state index contributed by atoms with van der Waals surface area (Å²) in [6.07, 6.45) is 0. The molecule has 3 heterocycles. The first-order valence-electron chi connectivity index (χ1n) is 18.0. The predicted molar refractivity (Wildman–Crippen MR) is 189 cm³/mol. The van der Waals surface area contributed by atoms with Crippen molar-refractivity contribution in [2.75, 3.05) is 0 Å². The third-order valence-corrected chi connectivity index (χ3v) is 8.88. The molecule has 0 unspecified atom stereocenters. The van der Waals surface area contributed by atoms with Crippen LogP contribution in [0.4, 0.5) is 0 Å². The van der Waals surface area contributed by atoms with Gasteiger partial charge in [0, 0.05) is 49.4 Å².